The predicted octanol–water partition coefficient (Wildman–Crippen LogP) is 2.16. The maximum absolute atomic E-state index is 5.48. The van der Waals surface area contributed by atoms with Gasteiger partial charge in [-0.15, -0.1) is 0 Å². The third-order valence-electron chi connectivity index (χ3n) is 3.96. The minimum Gasteiger partial charge on any atom is -0.339 e. The topological polar surface area (TPSA) is 76.7 Å². The van der Waals surface area contributed by atoms with E-state index in [1.807, 2.05) is 7.05 Å². The lowest BCUT2D eigenvalue weighted by Gasteiger charge is -2.20. The Bertz CT molecular complexity index is 542. The van der Waals surface area contributed by atoms with E-state index >= 15 is 0 Å². The number of nitrogens with one attached hydrogen (secondary N) is 1. The summed E-state index contributed by atoms with van der Waals surface area (Å²) in [5.41, 5.74) is 0.699. The molecule has 2 heterocycles. The van der Waals surface area contributed by atoms with Crippen LogP contribution in [-0.2, 0) is 0 Å². The standard InChI is InChI=1S/C14H19N5O/c1-15-11-6-4-2-3-5-10(11)14-18-13(19-20-14)12-7-8-16-9-17-12/h7-11,15H,2-6H2,1H3. The summed E-state index contributed by atoms with van der Waals surface area (Å²) in [4.78, 5) is 12.6. The second-order valence-electron chi connectivity index (χ2n) is 5.19. The summed E-state index contributed by atoms with van der Waals surface area (Å²) in [5, 5.41) is 7.44. The summed E-state index contributed by atoms with van der Waals surface area (Å²) in [6.45, 7) is 0. The molecule has 3 rings (SSSR count). The summed E-state index contributed by atoms with van der Waals surface area (Å²) in [7, 11) is 2.00. The molecular weight excluding hydrogens is 254 g/mol. The molecule has 1 aliphatic rings. The number of likely N-dealkylation sites (N-methyl/N-ethyl adjacent to an activating group) is 1. The Kier molecular flexibility index (Phi) is 4.01. The molecule has 1 N–H and O–H groups in total. The lowest BCUT2D eigenvalue weighted by atomic mass is 9.95. The fraction of sp³-hybridized carbons (Fsp3) is 0.571. The highest BCUT2D eigenvalue weighted by molar-refractivity contribution is 5.46. The lowest BCUT2D eigenvalue weighted by Crippen LogP contribution is -2.31. The molecule has 1 saturated carbocycles. The minimum absolute atomic E-state index is 0.297. The maximum Gasteiger partial charge on any atom is 0.231 e. The van der Waals surface area contributed by atoms with Gasteiger partial charge in [-0.25, -0.2) is 9.97 Å². The minimum atomic E-state index is 0.297. The van der Waals surface area contributed by atoms with Crippen LogP contribution < -0.4 is 5.32 Å². The van der Waals surface area contributed by atoms with Gasteiger partial charge in [0.05, 0.1) is 5.92 Å². The number of aromatic nitrogens is 4. The third kappa shape index (κ3) is 2.70. The van der Waals surface area contributed by atoms with E-state index in [0.717, 1.165) is 18.7 Å². The van der Waals surface area contributed by atoms with Gasteiger partial charge < -0.3 is 9.84 Å². The van der Waals surface area contributed by atoms with E-state index in [0.29, 0.717) is 23.5 Å². The van der Waals surface area contributed by atoms with Crippen molar-refractivity contribution in [1.29, 1.82) is 0 Å². The molecule has 0 spiro atoms. The Balaban J connectivity index is 1.85. The van der Waals surface area contributed by atoms with Crippen LogP contribution in [0.2, 0.25) is 0 Å². The molecule has 0 amide bonds. The first-order chi connectivity index (χ1) is 9.88. The van der Waals surface area contributed by atoms with E-state index in [9.17, 15) is 0 Å². The highest BCUT2D eigenvalue weighted by Gasteiger charge is 2.28. The third-order valence-corrected chi connectivity index (χ3v) is 3.96. The van der Waals surface area contributed by atoms with Crippen LogP contribution in [-0.4, -0.2) is 33.2 Å². The Morgan fingerprint density at radius 3 is 2.95 bits per heavy atom. The molecular formula is C14H19N5O. The van der Waals surface area contributed by atoms with Crippen molar-refractivity contribution in [2.24, 2.45) is 0 Å². The molecule has 2 aromatic rings. The highest BCUT2D eigenvalue weighted by Crippen LogP contribution is 2.31. The van der Waals surface area contributed by atoms with E-state index in [1.54, 1.807) is 12.3 Å². The van der Waals surface area contributed by atoms with Gasteiger partial charge in [0.2, 0.25) is 11.7 Å². The van der Waals surface area contributed by atoms with Gasteiger partial charge in [-0.1, -0.05) is 24.4 Å². The first kappa shape index (κ1) is 13.2. The molecule has 0 saturated heterocycles. The van der Waals surface area contributed by atoms with Gasteiger partial charge in [0, 0.05) is 12.2 Å². The van der Waals surface area contributed by atoms with Gasteiger partial charge >= 0.3 is 0 Å². The van der Waals surface area contributed by atoms with Crippen LogP contribution in [0, 0.1) is 0 Å². The van der Waals surface area contributed by atoms with Crippen molar-refractivity contribution in [3.8, 4) is 11.5 Å². The summed E-state index contributed by atoms with van der Waals surface area (Å²) in [6.07, 6.45) is 9.18. The molecule has 1 fully saturated rings. The first-order valence-corrected chi connectivity index (χ1v) is 7.15. The second-order valence-corrected chi connectivity index (χ2v) is 5.19. The highest BCUT2D eigenvalue weighted by atomic mass is 16.5. The van der Waals surface area contributed by atoms with Crippen LogP contribution in [0.1, 0.15) is 43.9 Å². The molecule has 6 heteroatoms. The average molecular weight is 273 g/mol. The summed E-state index contributed by atoms with van der Waals surface area (Å²) in [5.74, 6) is 1.56. The molecule has 0 aliphatic heterocycles. The quantitative estimate of drug-likeness (QED) is 0.864. The lowest BCUT2D eigenvalue weighted by molar-refractivity contribution is 0.311. The summed E-state index contributed by atoms with van der Waals surface area (Å²) >= 11 is 0. The molecule has 20 heavy (non-hydrogen) atoms. The average Bonchev–Trinajstić information content (AvgIpc) is 2.87. The number of rotatable bonds is 3. The van der Waals surface area contributed by atoms with E-state index < -0.39 is 0 Å². The maximum atomic E-state index is 5.48. The largest absolute Gasteiger partial charge is 0.339 e. The van der Waals surface area contributed by atoms with Crippen LogP contribution >= 0.6 is 0 Å². The SMILES string of the molecule is CNC1CCCCCC1c1nc(-c2ccncn2)no1. The van der Waals surface area contributed by atoms with Gasteiger partial charge in [-0.3, -0.25) is 0 Å². The zero-order chi connectivity index (χ0) is 13.8. The van der Waals surface area contributed by atoms with E-state index in [-0.39, 0.29) is 0 Å². The first-order valence-electron chi connectivity index (χ1n) is 7.15. The van der Waals surface area contributed by atoms with Gasteiger partial charge in [0.1, 0.15) is 12.0 Å². The van der Waals surface area contributed by atoms with Crippen LogP contribution in [0.15, 0.2) is 23.1 Å². The van der Waals surface area contributed by atoms with Crippen molar-refractivity contribution in [3.63, 3.8) is 0 Å². The smallest absolute Gasteiger partial charge is 0.231 e. The van der Waals surface area contributed by atoms with E-state index in [4.69, 9.17) is 4.52 Å². The number of hydrogen-bond acceptors (Lipinski definition) is 6. The Hall–Kier alpha value is -1.82. The van der Waals surface area contributed by atoms with Crippen LogP contribution in [0.25, 0.3) is 11.5 Å². The molecule has 2 atom stereocenters. The predicted molar refractivity (Wildman–Crippen MR) is 74.0 cm³/mol. The molecule has 2 aromatic heterocycles. The van der Waals surface area contributed by atoms with Crippen molar-refractivity contribution in [2.75, 3.05) is 7.05 Å². The van der Waals surface area contributed by atoms with E-state index in [2.05, 4.69) is 25.4 Å². The molecule has 2 unspecified atom stereocenters. The summed E-state index contributed by atoms with van der Waals surface area (Å²) in [6, 6.07) is 2.20. The molecule has 0 radical (unpaired) electrons. The van der Waals surface area contributed by atoms with Crippen molar-refractivity contribution in [2.45, 2.75) is 44.1 Å². The van der Waals surface area contributed by atoms with Crippen LogP contribution in [0.3, 0.4) is 0 Å². The Labute approximate surface area is 118 Å². The van der Waals surface area contributed by atoms with Gasteiger partial charge in [-0.2, -0.15) is 4.98 Å². The van der Waals surface area contributed by atoms with Crippen LogP contribution in [0.4, 0.5) is 0 Å². The van der Waals surface area contributed by atoms with Crippen molar-refractivity contribution in [3.05, 3.63) is 24.5 Å². The van der Waals surface area contributed by atoms with Gasteiger partial charge in [0.25, 0.3) is 0 Å². The molecule has 1 aliphatic carbocycles. The molecule has 6 nitrogen and oxygen atoms in total. The Morgan fingerprint density at radius 1 is 1.25 bits per heavy atom. The van der Waals surface area contributed by atoms with Gasteiger partial charge in [0.15, 0.2) is 0 Å². The zero-order valence-electron chi connectivity index (χ0n) is 11.6. The molecule has 106 valence electrons. The van der Waals surface area contributed by atoms with Gasteiger partial charge in [-0.05, 0) is 26.0 Å². The number of nitrogens with zero attached hydrogens (tertiary/aromatic N) is 4. The monoisotopic (exact) mass is 273 g/mol. The fourth-order valence-electron chi connectivity index (χ4n) is 2.86. The second kappa shape index (κ2) is 6.09. The van der Waals surface area contributed by atoms with Crippen molar-refractivity contribution in [1.82, 2.24) is 25.4 Å². The normalized spacial score (nSPS) is 23.4. The van der Waals surface area contributed by atoms with Crippen molar-refractivity contribution < 1.29 is 4.52 Å². The van der Waals surface area contributed by atoms with Crippen LogP contribution in [0.5, 0.6) is 0 Å². The van der Waals surface area contributed by atoms with Crippen molar-refractivity contribution >= 4 is 0 Å². The van der Waals surface area contributed by atoms with E-state index in [1.165, 1.54) is 25.6 Å². The fourth-order valence-corrected chi connectivity index (χ4v) is 2.86. The summed E-state index contributed by atoms with van der Waals surface area (Å²) < 4.78 is 5.48. The number of hydrogen-bond donors (Lipinski definition) is 1. The zero-order valence-corrected chi connectivity index (χ0v) is 11.6. The molecule has 0 bridgehead atoms. The molecule has 0 aromatic carbocycles. The Morgan fingerprint density at radius 2 is 2.15 bits per heavy atom.